The molecule has 2 nitrogen and oxygen atoms in total. The van der Waals surface area contributed by atoms with Gasteiger partial charge in [-0.2, -0.15) is 0 Å². The third-order valence-corrected chi connectivity index (χ3v) is 11.6. The zero-order chi connectivity index (χ0) is 38.3. The van der Waals surface area contributed by atoms with Crippen LogP contribution in [-0.4, -0.2) is 0 Å². The van der Waals surface area contributed by atoms with Crippen LogP contribution in [0, 0.1) is 0 Å². The topological polar surface area (TPSA) is 12.5 Å². The molecular weight excluding hydrogens is 691 g/mol. The lowest BCUT2D eigenvalue weighted by molar-refractivity contribution is 0.419. The SMILES string of the molecule is CC1(C)c2ccccc2Oc2c(-c3ccc(N(c4ccc(-c5ccc(-c6ccccc6)cc5)cc4)c4ccc(-c5cccc6ccccc56)cc4)cc3)cccc21. The molecule has 1 heterocycles. The minimum atomic E-state index is -0.175. The van der Waals surface area contributed by atoms with Crippen molar-refractivity contribution in [2.24, 2.45) is 0 Å². The molecule has 10 rings (SSSR count). The fourth-order valence-electron chi connectivity index (χ4n) is 8.49. The summed E-state index contributed by atoms with van der Waals surface area (Å²) in [5.74, 6) is 1.86. The van der Waals surface area contributed by atoms with Gasteiger partial charge in [-0.25, -0.2) is 0 Å². The number of rotatable bonds is 7. The molecule has 9 aromatic rings. The highest BCUT2D eigenvalue weighted by molar-refractivity contribution is 5.97. The molecule has 0 bridgehead atoms. The van der Waals surface area contributed by atoms with E-state index in [4.69, 9.17) is 4.74 Å². The number of nitrogens with zero attached hydrogens (tertiary/aromatic N) is 1. The van der Waals surface area contributed by atoms with Crippen LogP contribution in [0.4, 0.5) is 17.1 Å². The second-order valence-electron chi connectivity index (χ2n) is 15.4. The minimum absolute atomic E-state index is 0.175. The summed E-state index contributed by atoms with van der Waals surface area (Å²) in [7, 11) is 0. The molecule has 57 heavy (non-hydrogen) atoms. The van der Waals surface area contributed by atoms with Gasteiger partial charge in [-0.1, -0.05) is 184 Å². The lowest BCUT2D eigenvalue weighted by atomic mass is 9.75. The van der Waals surface area contributed by atoms with Crippen LogP contribution in [0.15, 0.2) is 212 Å². The van der Waals surface area contributed by atoms with Crippen molar-refractivity contribution in [1.29, 1.82) is 0 Å². The van der Waals surface area contributed by atoms with Crippen LogP contribution >= 0.6 is 0 Å². The maximum Gasteiger partial charge on any atom is 0.139 e. The van der Waals surface area contributed by atoms with Gasteiger partial charge in [0.15, 0.2) is 0 Å². The number of anilines is 3. The third-order valence-electron chi connectivity index (χ3n) is 11.6. The van der Waals surface area contributed by atoms with Crippen LogP contribution < -0.4 is 9.64 Å². The summed E-state index contributed by atoms with van der Waals surface area (Å²) in [5, 5.41) is 2.50. The van der Waals surface area contributed by atoms with Gasteiger partial charge in [-0.15, -0.1) is 0 Å². The van der Waals surface area contributed by atoms with Crippen molar-refractivity contribution in [2.45, 2.75) is 19.3 Å². The molecule has 272 valence electrons. The van der Waals surface area contributed by atoms with Crippen LogP contribution in [0.25, 0.3) is 55.3 Å². The second kappa shape index (κ2) is 14.2. The molecule has 9 aromatic carbocycles. The Hall–Kier alpha value is -7.16. The summed E-state index contributed by atoms with van der Waals surface area (Å²) in [6, 6.07) is 76.2. The minimum Gasteiger partial charge on any atom is -0.456 e. The zero-order valence-corrected chi connectivity index (χ0v) is 32.1. The number of para-hydroxylation sites is 2. The van der Waals surface area contributed by atoms with Gasteiger partial charge in [0.2, 0.25) is 0 Å². The molecule has 0 aliphatic carbocycles. The molecule has 1 aliphatic rings. The first-order valence-electron chi connectivity index (χ1n) is 19.7. The van der Waals surface area contributed by atoms with Gasteiger partial charge in [-0.3, -0.25) is 0 Å². The highest BCUT2D eigenvalue weighted by Gasteiger charge is 2.35. The van der Waals surface area contributed by atoms with E-state index in [1.54, 1.807) is 0 Å². The van der Waals surface area contributed by atoms with E-state index in [0.29, 0.717) is 0 Å². The zero-order valence-electron chi connectivity index (χ0n) is 32.1. The van der Waals surface area contributed by atoms with E-state index in [9.17, 15) is 0 Å². The second-order valence-corrected chi connectivity index (χ2v) is 15.4. The lowest BCUT2D eigenvalue weighted by Crippen LogP contribution is -2.24. The number of hydrogen-bond donors (Lipinski definition) is 0. The van der Waals surface area contributed by atoms with Gasteiger partial charge in [0.25, 0.3) is 0 Å². The van der Waals surface area contributed by atoms with Gasteiger partial charge in [0.05, 0.1) is 0 Å². The summed E-state index contributed by atoms with van der Waals surface area (Å²) >= 11 is 0. The van der Waals surface area contributed by atoms with Crippen LogP contribution in [-0.2, 0) is 5.41 Å². The predicted molar refractivity (Wildman–Crippen MR) is 239 cm³/mol. The fraction of sp³-hybridized carbons (Fsp3) is 0.0545. The Balaban J connectivity index is 1.02. The van der Waals surface area contributed by atoms with Gasteiger partial charge >= 0.3 is 0 Å². The number of hydrogen-bond acceptors (Lipinski definition) is 2. The molecule has 1 aliphatic heterocycles. The van der Waals surface area contributed by atoms with Crippen LogP contribution in [0.5, 0.6) is 11.5 Å². The number of benzene rings is 9. The summed E-state index contributed by atoms with van der Waals surface area (Å²) < 4.78 is 6.66. The Morgan fingerprint density at radius 2 is 0.789 bits per heavy atom. The van der Waals surface area contributed by atoms with Crippen molar-refractivity contribution in [2.75, 3.05) is 4.90 Å². The monoisotopic (exact) mass is 731 g/mol. The fourth-order valence-corrected chi connectivity index (χ4v) is 8.49. The maximum absolute atomic E-state index is 6.66. The first-order valence-corrected chi connectivity index (χ1v) is 19.7. The maximum atomic E-state index is 6.66. The van der Waals surface area contributed by atoms with Crippen LogP contribution in [0.2, 0.25) is 0 Å². The molecule has 0 radical (unpaired) electrons. The molecule has 0 saturated carbocycles. The normalized spacial score (nSPS) is 12.7. The van der Waals surface area contributed by atoms with Crippen molar-refractivity contribution in [1.82, 2.24) is 0 Å². The molecule has 0 fully saturated rings. The van der Waals surface area contributed by atoms with E-state index in [1.807, 2.05) is 0 Å². The highest BCUT2D eigenvalue weighted by Crippen LogP contribution is 2.51. The van der Waals surface area contributed by atoms with Crippen LogP contribution in [0.1, 0.15) is 25.0 Å². The Kier molecular flexibility index (Phi) is 8.53. The first-order chi connectivity index (χ1) is 28.0. The molecule has 0 atom stereocenters. The highest BCUT2D eigenvalue weighted by atomic mass is 16.5. The van der Waals surface area contributed by atoms with Gasteiger partial charge in [-0.05, 0) is 92.2 Å². The molecule has 0 unspecified atom stereocenters. The lowest BCUT2D eigenvalue weighted by Gasteiger charge is -2.35. The Labute approximate surface area is 334 Å². The van der Waals surface area contributed by atoms with Gasteiger partial charge in [0.1, 0.15) is 11.5 Å². The largest absolute Gasteiger partial charge is 0.456 e. The van der Waals surface area contributed by atoms with E-state index in [1.165, 1.54) is 55.3 Å². The van der Waals surface area contributed by atoms with Crippen molar-refractivity contribution in [3.63, 3.8) is 0 Å². The van der Waals surface area contributed by atoms with E-state index in [0.717, 1.165) is 39.7 Å². The van der Waals surface area contributed by atoms with Crippen LogP contribution in [0.3, 0.4) is 0 Å². The number of ether oxygens (including phenoxy) is 1. The van der Waals surface area contributed by atoms with E-state index in [-0.39, 0.29) is 5.41 Å². The predicted octanol–water partition coefficient (Wildman–Crippen LogP) is 15.4. The molecule has 0 spiro atoms. The van der Waals surface area contributed by atoms with Gasteiger partial charge < -0.3 is 9.64 Å². The molecule has 2 heteroatoms. The van der Waals surface area contributed by atoms with Gasteiger partial charge in [0, 0.05) is 39.2 Å². The van der Waals surface area contributed by atoms with E-state index >= 15 is 0 Å². The smallest absolute Gasteiger partial charge is 0.139 e. The molecule has 0 saturated heterocycles. The molecule has 0 aromatic heterocycles. The molecule has 0 N–H and O–H groups in total. The molecule has 0 amide bonds. The first kappa shape index (κ1) is 34.3. The van der Waals surface area contributed by atoms with Crippen molar-refractivity contribution < 1.29 is 4.74 Å². The van der Waals surface area contributed by atoms with Crippen molar-refractivity contribution in [3.05, 3.63) is 223 Å². The summed E-state index contributed by atoms with van der Waals surface area (Å²) in [5.41, 5.74) is 14.9. The Morgan fingerprint density at radius 1 is 0.351 bits per heavy atom. The number of fused-ring (bicyclic) bond motifs is 3. The molecular formula is C55H41NO. The summed E-state index contributed by atoms with van der Waals surface area (Å²) in [6.07, 6.45) is 0. The summed E-state index contributed by atoms with van der Waals surface area (Å²) in [4.78, 5) is 2.34. The Bertz CT molecular complexity index is 2850. The van der Waals surface area contributed by atoms with E-state index in [2.05, 4.69) is 231 Å². The average Bonchev–Trinajstić information content (AvgIpc) is 3.27. The standard InChI is InChI=1S/C55H41NO/c1-55(2)51-19-8-9-21-53(51)57-54-50(18-11-20-52(54)55)44-30-36-47(37-31-44)56(46-34-28-43(29-35-46)49-17-10-15-42-14-6-7-16-48(42)49)45-32-26-41(27-33-45)40-24-22-39(23-25-40)38-12-4-3-5-13-38/h3-37H,1-2H3. The summed E-state index contributed by atoms with van der Waals surface area (Å²) in [6.45, 7) is 4.57. The Morgan fingerprint density at radius 3 is 1.44 bits per heavy atom. The van der Waals surface area contributed by atoms with Crippen molar-refractivity contribution in [3.8, 4) is 56.0 Å². The van der Waals surface area contributed by atoms with E-state index < -0.39 is 0 Å². The quantitative estimate of drug-likeness (QED) is 0.162. The van der Waals surface area contributed by atoms with Crippen molar-refractivity contribution >= 4 is 27.8 Å². The average molecular weight is 732 g/mol. The third kappa shape index (κ3) is 6.26.